The number of carboxylic acids is 1. The Morgan fingerprint density at radius 2 is 2.10 bits per heavy atom. The minimum Gasteiger partial charge on any atom is -0.481 e. The van der Waals surface area contributed by atoms with E-state index >= 15 is 0 Å². The highest BCUT2D eigenvalue weighted by molar-refractivity contribution is 5.94. The van der Waals surface area contributed by atoms with Crippen molar-refractivity contribution in [2.45, 2.75) is 26.3 Å². The summed E-state index contributed by atoms with van der Waals surface area (Å²) in [4.78, 5) is 47.8. The molecule has 1 amide bonds. The van der Waals surface area contributed by atoms with E-state index in [-0.39, 0.29) is 24.6 Å². The molecule has 0 saturated carbocycles. The molecule has 0 aliphatic carbocycles. The molecule has 114 valence electrons. The van der Waals surface area contributed by atoms with Crippen molar-refractivity contribution in [1.82, 2.24) is 9.88 Å². The minimum atomic E-state index is -1.08. The molecule has 0 saturated heterocycles. The number of pyridine rings is 1. The third kappa shape index (κ3) is 4.13. The number of aromatic nitrogens is 1. The number of nitrogens with zero attached hydrogens (tertiary/aromatic N) is 2. The average Bonchev–Trinajstić information content (AvgIpc) is 2.38. The fourth-order valence-electron chi connectivity index (χ4n) is 1.70. The molecular weight excluding hydrogens is 282 g/mol. The van der Waals surface area contributed by atoms with Gasteiger partial charge in [0.1, 0.15) is 5.56 Å². The van der Waals surface area contributed by atoms with Gasteiger partial charge < -0.3 is 15.0 Å². The number of rotatable bonds is 6. The Labute approximate surface area is 119 Å². The summed E-state index contributed by atoms with van der Waals surface area (Å²) in [5.41, 5.74) is -1.56. The van der Waals surface area contributed by atoms with Crippen LogP contribution < -0.4 is 5.56 Å². The van der Waals surface area contributed by atoms with Crippen LogP contribution in [0.4, 0.5) is 5.69 Å². The lowest BCUT2D eigenvalue weighted by Crippen LogP contribution is -2.40. The summed E-state index contributed by atoms with van der Waals surface area (Å²) in [6.07, 6.45) is 0.618. The SMILES string of the molecule is CC(C)N(CCC(=O)O)C(=O)c1cc([N+](=O)[O-])c[nH]c1=O. The van der Waals surface area contributed by atoms with Crippen molar-refractivity contribution >= 4 is 17.6 Å². The van der Waals surface area contributed by atoms with Gasteiger partial charge in [0, 0.05) is 18.7 Å². The highest BCUT2D eigenvalue weighted by Crippen LogP contribution is 2.12. The molecule has 1 aromatic heterocycles. The van der Waals surface area contributed by atoms with Gasteiger partial charge in [0.25, 0.3) is 17.2 Å². The molecule has 0 unspecified atom stereocenters. The number of carbonyl (C=O) groups excluding carboxylic acids is 1. The maximum atomic E-state index is 12.3. The van der Waals surface area contributed by atoms with Crippen molar-refractivity contribution in [3.05, 3.63) is 38.3 Å². The summed E-state index contributed by atoms with van der Waals surface area (Å²) in [5.74, 6) is -1.82. The zero-order valence-electron chi connectivity index (χ0n) is 11.5. The van der Waals surface area contributed by atoms with E-state index in [0.29, 0.717) is 0 Å². The maximum Gasteiger partial charge on any atom is 0.305 e. The first-order chi connectivity index (χ1) is 9.73. The Morgan fingerprint density at radius 1 is 1.48 bits per heavy atom. The van der Waals surface area contributed by atoms with Crippen molar-refractivity contribution in [1.29, 1.82) is 0 Å². The molecule has 0 fully saturated rings. The zero-order valence-corrected chi connectivity index (χ0v) is 11.5. The normalized spacial score (nSPS) is 10.4. The number of hydrogen-bond acceptors (Lipinski definition) is 5. The Morgan fingerprint density at radius 3 is 2.57 bits per heavy atom. The van der Waals surface area contributed by atoms with E-state index in [0.717, 1.165) is 12.3 Å². The van der Waals surface area contributed by atoms with Crippen molar-refractivity contribution in [3.8, 4) is 0 Å². The van der Waals surface area contributed by atoms with Crippen LogP contribution in [0.5, 0.6) is 0 Å². The van der Waals surface area contributed by atoms with Crippen LogP contribution in [0.3, 0.4) is 0 Å². The molecule has 0 aromatic carbocycles. The Kier molecular flexibility index (Phi) is 5.17. The number of carbonyl (C=O) groups is 2. The molecule has 0 aliphatic heterocycles. The standard InChI is InChI=1S/C12H15N3O6/c1-7(2)14(4-3-10(16)17)12(19)9-5-8(15(20)21)6-13-11(9)18/h5-7H,3-4H2,1-2H3,(H,13,18)(H,16,17). The van der Waals surface area contributed by atoms with Crippen LogP contribution in [-0.2, 0) is 4.79 Å². The summed E-state index contributed by atoms with van der Waals surface area (Å²) >= 11 is 0. The number of H-pyrrole nitrogens is 1. The number of nitrogens with one attached hydrogen (secondary N) is 1. The zero-order chi connectivity index (χ0) is 16.2. The van der Waals surface area contributed by atoms with Gasteiger partial charge in [-0.25, -0.2) is 0 Å². The van der Waals surface area contributed by atoms with Gasteiger partial charge in [-0.05, 0) is 13.8 Å². The van der Waals surface area contributed by atoms with Gasteiger partial charge in [0.15, 0.2) is 0 Å². The fourth-order valence-corrected chi connectivity index (χ4v) is 1.70. The molecule has 1 aromatic rings. The van der Waals surface area contributed by atoms with Gasteiger partial charge in [0.2, 0.25) is 0 Å². The van der Waals surface area contributed by atoms with Gasteiger partial charge in [-0.2, -0.15) is 0 Å². The molecule has 9 nitrogen and oxygen atoms in total. The highest BCUT2D eigenvalue weighted by atomic mass is 16.6. The Hall–Kier alpha value is -2.71. The minimum absolute atomic E-state index is 0.0893. The van der Waals surface area contributed by atoms with Crippen molar-refractivity contribution in [2.75, 3.05) is 6.54 Å². The van der Waals surface area contributed by atoms with Crippen molar-refractivity contribution in [3.63, 3.8) is 0 Å². The molecule has 21 heavy (non-hydrogen) atoms. The number of nitro groups is 1. The van der Waals surface area contributed by atoms with E-state index in [4.69, 9.17) is 5.11 Å². The first-order valence-electron chi connectivity index (χ1n) is 6.14. The smallest absolute Gasteiger partial charge is 0.305 e. The van der Waals surface area contributed by atoms with Gasteiger partial charge in [-0.15, -0.1) is 0 Å². The van der Waals surface area contributed by atoms with Crippen molar-refractivity contribution < 1.29 is 19.6 Å². The summed E-state index contributed by atoms with van der Waals surface area (Å²) in [6.45, 7) is 3.23. The molecule has 0 spiro atoms. The maximum absolute atomic E-state index is 12.3. The van der Waals surface area contributed by atoms with E-state index in [1.807, 2.05) is 0 Å². The Bertz CT molecular complexity index is 622. The van der Waals surface area contributed by atoms with Gasteiger partial charge in [-0.1, -0.05) is 0 Å². The second-order valence-corrected chi connectivity index (χ2v) is 4.59. The fraction of sp³-hybridized carbons (Fsp3) is 0.417. The molecular formula is C12H15N3O6. The van der Waals surface area contributed by atoms with Gasteiger partial charge >= 0.3 is 5.97 Å². The van der Waals surface area contributed by atoms with E-state index < -0.39 is 28.0 Å². The van der Waals surface area contributed by atoms with E-state index in [1.165, 1.54) is 4.90 Å². The van der Waals surface area contributed by atoms with Crippen LogP contribution in [-0.4, -0.2) is 44.4 Å². The van der Waals surface area contributed by atoms with E-state index in [2.05, 4.69) is 4.98 Å². The van der Waals surface area contributed by atoms with Crippen LogP contribution in [0.15, 0.2) is 17.1 Å². The van der Waals surface area contributed by atoms with E-state index in [1.54, 1.807) is 13.8 Å². The quantitative estimate of drug-likeness (QED) is 0.583. The molecule has 9 heteroatoms. The molecule has 2 N–H and O–H groups in total. The molecule has 0 radical (unpaired) electrons. The van der Waals surface area contributed by atoms with Crippen LogP contribution in [0.25, 0.3) is 0 Å². The molecule has 0 bridgehead atoms. The van der Waals surface area contributed by atoms with Crippen LogP contribution in [0.1, 0.15) is 30.6 Å². The van der Waals surface area contributed by atoms with Crippen LogP contribution >= 0.6 is 0 Å². The highest BCUT2D eigenvalue weighted by Gasteiger charge is 2.24. The van der Waals surface area contributed by atoms with Gasteiger partial charge in [0.05, 0.1) is 17.5 Å². The second-order valence-electron chi connectivity index (χ2n) is 4.59. The summed E-state index contributed by atoms with van der Waals surface area (Å²) in [6, 6.07) is 0.535. The van der Waals surface area contributed by atoms with Crippen LogP contribution in [0.2, 0.25) is 0 Å². The van der Waals surface area contributed by atoms with Crippen molar-refractivity contribution in [2.24, 2.45) is 0 Å². The van der Waals surface area contributed by atoms with E-state index in [9.17, 15) is 24.5 Å². The predicted molar refractivity (Wildman–Crippen MR) is 72.1 cm³/mol. The average molecular weight is 297 g/mol. The lowest BCUT2D eigenvalue weighted by Gasteiger charge is -2.25. The van der Waals surface area contributed by atoms with Crippen LogP contribution in [0, 0.1) is 10.1 Å². The third-order valence-electron chi connectivity index (χ3n) is 2.78. The first kappa shape index (κ1) is 16.3. The number of amides is 1. The second kappa shape index (κ2) is 6.64. The lowest BCUT2D eigenvalue weighted by atomic mass is 10.2. The number of aliphatic carboxylic acids is 1. The number of aromatic amines is 1. The Balaban J connectivity index is 3.14. The first-order valence-corrected chi connectivity index (χ1v) is 6.14. The molecule has 1 rings (SSSR count). The topological polar surface area (TPSA) is 134 Å². The van der Waals surface area contributed by atoms with Gasteiger partial charge in [-0.3, -0.25) is 24.5 Å². The summed E-state index contributed by atoms with van der Waals surface area (Å²) < 4.78 is 0. The third-order valence-corrected chi connectivity index (χ3v) is 2.78. The summed E-state index contributed by atoms with van der Waals surface area (Å²) in [5, 5.41) is 19.4. The lowest BCUT2D eigenvalue weighted by molar-refractivity contribution is -0.385. The largest absolute Gasteiger partial charge is 0.481 e. The predicted octanol–water partition coefficient (Wildman–Crippen LogP) is 0.608. The molecule has 1 heterocycles. The number of hydrogen-bond donors (Lipinski definition) is 2. The number of carboxylic acid groups (broad SMARTS) is 1. The summed E-state index contributed by atoms with van der Waals surface area (Å²) in [7, 11) is 0. The molecule has 0 aliphatic rings. The molecule has 0 atom stereocenters. The monoisotopic (exact) mass is 297 g/mol.